The maximum atomic E-state index is 13.8. The minimum absolute atomic E-state index is 0.209. The summed E-state index contributed by atoms with van der Waals surface area (Å²) in [6.45, 7) is 0.234. The molecule has 1 amide bonds. The zero-order valence-electron chi connectivity index (χ0n) is 18.6. The Hall–Kier alpha value is -3.99. The lowest BCUT2D eigenvalue weighted by Crippen LogP contribution is -2.20. The molecular formula is C23H21ClF2N6O3. The summed E-state index contributed by atoms with van der Waals surface area (Å²) in [7, 11) is 1.54. The van der Waals surface area contributed by atoms with Crippen LogP contribution in [0.5, 0.6) is 11.5 Å². The number of nitrogens with zero attached hydrogens (tertiary/aromatic N) is 4. The van der Waals surface area contributed by atoms with Crippen LogP contribution in [0.15, 0.2) is 48.9 Å². The van der Waals surface area contributed by atoms with Crippen molar-refractivity contribution in [2.24, 2.45) is 0 Å². The summed E-state index contributed by atoms with van der Waals surface area (Å²) in [4.78, 5) is 20.8. The molecule has 0 saturated heterocycles. The van der Waals surface area contributed by atoms with Crippen LogP contribution in [0.1, 0.15) is 6.42 Å². The number of fused-ring (bicyclic) bond motifs is 1. The summed E-state index contributed by atoms with van der Waals surface area (Å²) in [5, 5.41) is 10.4. The van der Waals surface area contributed by atoms with Gasteiger partial charge in [0.2, 0.25) is 5.91 Å². The van der Waals surface area contributed by atoms with Crippen molar-refractivity contribution in [2.45, 2.75) is 13.0 Å². The quantitative estimate of drug-likeness (QED) is 0.243. The number of nitrogens with one attached hydrogen (secondary N) is 2. The second-order valence-electron chi connectivity index (χ2n) is 7.31. The lowest BCUT2D eigenvalue weighted by atomic mass is 10.2. The van der Waals surface area contributed by atoms with Gasteiger partial charge in [-0.3, -0.25) is 9.48 Å². The standard InChI is InChI=1S/C23H21ClF2N6O3/c1-34-18-10-14-17(11-19(18)35-9-3-7-24)27-13-28-23(14)30-20-6-8-32(31-20)12-21(33)29-16-5-2-4-15(25)22(16)26/h2,4-6,8,10-11,13H,3,7,9,12H2,1H3,(H,29,33)(H,27,28,30,31). The van der Waals surface area contributed by atoms with Crippen LogP contribution in [-0.2, 0) is 11.3 Å². The predicted octanol–water partition coefficient (Wildman–Crippen LogP) is 4.50. The molecule has 2 heterocycles. The van der Waals surface area contributed by atoms with Crippen LogP contribution in [0, 0.1) is 11.6 Å². The van der Waals surface area contributed by atoms with E-state index < -0.39 is 17.5 Å². The van der Waals surface area contributed by atoms with Gasteiger partial charge in [0.15, 0.2) is 29.0 Å². The first-order chi connectivity index (χ1) is 17.0. The van der Waals surface area contributed by atoms with E-state index in [9.17, 15) is 13.6 Å². The molecule has 0 unspecified atom stereocenters. The van der Waals surface area contributed by atoms with E-state index in [0.29, 0.717) is 52.9 Å². The number of amides is 1. The van der Waals surface area contributed by atoms with Gasteiger partial charge in [0.05, 0.1) is 24.9 Å². The number of hydrogen-bond acceptors (Lipinski definition) is 7. The Labute approximate surface area is 204 Å². The Balaban J connectivity index is 1.48. The number of anilines is 3. The number of alkyl halides is 1. The molecule has 0 fully saturated rings. The maximum Gasteiger partial charge on any atom is 0.246 e. The van der Waals surface area contributed by atoms with E-state index in [1.807, 2.05) is 0 Å². The predicted molar refractivity (Wildman–Crippen MR) is 127 cm³/mol. The summed E-state index contributed by atoms with van der Waals surface area (Å²) < 4.78 is 39.6. The van der Waals surface area contributed by atoms with Crippen LogP contribution in [-0.4, -0.2) is 45.3 Å². The first-order valence-corrected chi connectivity index (χ1v) is 11.1. The van der Waals surface area contributed by atoms with Gasteiger partial charge in [-0.25, -0.2) is 18.7 Å². The molecule has 35 heavy (non-hydrogen) atoms. The molecule has 0 bridgehead atoms. The lowest BCUT2D eigenvalue weighted by Gasteiger charge is -2.13. The largest absolute Gasteiger partial charge is 0.493 e. The number of ether oxygens (including phenoxy) is 2. The van der Waals surface area contributed by atoms with Crippen molar-refractivity contribution in [1.29, 1.82) is 0 Å². The molecule has 4 rings (SSSR count). The van der Waals surface area contributed by atoms with Crippen LogP contribution in [0.25, 0.3) is 10.9 Å². The van der Waals surface area contributed by atoms with Crippen LogP contribution in [0.4, 0.5) is 26.1 Å². The van der Waals surface area contributed by atoms with Crippen LogP contribution in [0.3, 0.4) is 0 Å². The fourth-order valence-electron chi connectivity index (χ4n) is 3.25. The first-order valence-electron chi connectivity index (χ1n) is 10.5. The Bertz CT molecular complexity index is 1350. The van der Waals surface area contributed by atoms with Crippen LogP contribution >= 0.6 is 11.6 Å². The third-order valence-electron chi connectivity index (χ3n) is 4.87. The molecule has 0 aliphatic heterocycles. The molecule has 0 aliphatic carbocycles. The third kappa shape index (κ3) is 5.75. The Morgan fingerprint density at radius 2 is 2.03 bits per heavy atom. The van der Waals surface area contributed by atoms with Gasteiger partial charge in [0.25, 0.3) is 0 Å². The topological polar surface area (TPSA) is 103 Å². The van der Waals surface area contributed by atoms with Gasteiger partial charge in [0, 0.05) is 29.6 Å². The van der Waals surface area contributed by atoms with Gasteiger partial charge in [-0.05, 0) is 24.6 Å². The van der Waals surface area contributed by atoms with Gasteiger partial charge in [-0.2, -0.15) is 5.10 Å². The lowest BCUT2D eigenvalue weighted by molar-refractivity contribution is -0.116. The molecule has 2 aromatic heterocycles. The van der Waals surface area contributed by atoms with E-state index >= 15 is 0 Å². The summed E-state index contributed by atoms with van der Waals surface area (Å²) in [5.74, 6) is -0.312. The second-order valence-corrected chi connectivity index (χ2v) is 7.68. The van der Waals surface area contributed by atoms with Crippen molar-refractivity contribution in [3.63, 3.8) is 0 Å². The monoisotopic (exact) mass is 502 g/mol. The van der Waals surface area contributed by atoms with Gasteiger partial charge < -0.3 is 20.1 Å². The fraction of sp³-hybridized carbons (Fsp3) is 0.217. The summed E-state index contributed by atoms with van der Waals surface area (Å²) in [6.07, 6.45) is 3.66. The zero-order chi connectivity index (χ0) is 24.8. The summed E-state index contributed by atoms with van der Waals surface area (Å²) in [6, 6.07) is 8.70. The SMILES string of the molecule is COc1cc2c(Nc3ccn(CC(=O)Nc4cccc(F)c4F)n3)ncnc2cc1OCCCCl. The first kappa shape index (κ1) is 24.1. The van der Waals surface area contributed by atoms with E-state index in [1.54, 1.807) is 24.4 Å². The molecule has 0 aliphatic rings. The number of halogens is 3. The molecule has 0 spiro atoms. The van der Waals surface area contributed by atoms with Crippen molar-refractivity contribution in [1.82, 2.24) is 19.7 Å². The van der Waals surface area contributed by atoms with E-state index in [2.05, 4.69) is 25.7 Å². The number of carbonyl (C=O) groups is 1. The third-order valence-corrected chi connectivity index (χ3v) is 5.14. The molecule has 2 N–H and O–H groups in total. The van der Waals surface area contributed by atoms with Gasteiger partial charge >= 0.3 is 0 Å². The highest BCUT2D eigenvalue weighted by molar-refractivity contribution is 6.17. The molecule has 9 nitrogen and oxygen atoms in total. The van der Waals surface area contributed by atoms with Crippen molar-refractivity contribution in [3.8, 4) is 11.5 Å². The number of aromatic nitrogens is 4. The number of hydrogen-bond donors (Lipinski definition) is 2. The smallest absolute Gasteiger partial charge is 0.246 e. The minimum atomic E-state index is -1.12. The normalized spacial score (nSPS) is 10.9. The number of carbonyl (C=O) groups excluding carboxylic acids is 1. The molecule has 0 saturated carbocycles. The van der Waals surface area contributed by atoms with Crippen molar-refractivity contribution >= 4 is 45.7 Å². The molecule has 12 heteroatoms. The highest BCUT2D eigenvalue weighted by Crippen LogP contribution is 2.34. The Morgan fingerprint density at radius 1 is 1.17 bits per heavy atom. The molecule has 2 aromatic carbocycles. The average molecular weight is 503 g/mol. The van der Waals surface area contributed by atoms with Gasteiger partial charge in [0.1, 0.15) is 18.7 Å². The van der Waals surface area contributed by atoms with E-state index in [1.165, 1.54) is 30.3 Å². The minimum Gasteiger partial charge on any atom is -0.493 e. The molecule has 0 radical (unpaired) electrons. The van der Waals surface area contributed by atoms with Crippen molar-refractivity contribution in [3.05, 3.63) is 60.6 Å². The van der Waals surface area contributed by atoms with Crippen molar-refractivity contribution in [2.75, 3.05) is 30.2 Å². The number of methoxy groups -OCH3 is 1. The molecule has 182 valence electrons. The van der Waals surface area contributed by atoms with Gasteiger partial charge in [-0.1, -0.05) is 6.07 Å². The zero-order valence-corrected chi connectivity index (χ0v) is 19.4. The van der Waals surface area contributed by atoms with E-state index in [-0.39, 0.29) is 12.2 Å². The van der Waals surface area contributed by atoms with Crippen molar-refractivity contribution < 1.29 is 23.0 Å². The number of benzene rings is 2. The Kier molecular flexibility index (Phi) is 7.56. The van der Waals surface area contributed by atoms with Gasteiger partial charge in [-0.15, -0.1) is 11.6 Å². The highest BCUT2D eigenvalue weighted by atomic mass is 35.5. The van der Waals surface area contributed by atoms with E-state index in [0.717, 1.165) is 6.07 Å². The summed E-state index contributed by atoms with van der Waals surface area (Å²) >= 11 is 5.71. The number of rotatable bonds is 10. The maximum absolute atomic E-state index is 13.8. The summed E-state index contributed by atoms with van der Waals surface area (Å²) in [5.41, 5.74) is 0.382. The van der Waals surface area contributed by atoms with E-state index in [4.69, 9.17) is 21.1 Å². The molecular weight excluding hydrogens is 482 g/mol. The highest BCUT2D eigenvalue weighted by Gasteiger charge is 2.14. The average Bonchev–Trinajstić information content (AvgIpc) is 3.28. The van der Waals surface area contributed by atoms with Crippen LogP contribution < -0.4 is 20.1 Å². The second kappa shape index (κ2) is 11.0. The Morgan fingerprint density at radius 3 is 2.83 bits per heavy atom. The fourth-order valence-corrected chi connectivity index (χ4v) is 3.36. The molecule has 4 aromatic rings. The molecule has 0 atom stereocenters. The van der Waals surface area contributed by atoms with Crippen LogP contribution in [0.2, 0.25) is 0 Å².